The molecule has 4 rings (SSSR count). The van der Waals surface area contributed by atoms with E-state index >= 15 is 0 Å². The molecule has 0 amide bonds. The quantitative estimate of drug-likeness (QED) is 0.423. The second-order valence-electron chi connectivity index (χ2n) is 8.56. The maximum atomic E-state index is 13.2. The van der Waals surface area contributed by atoms with Gasteiger partial charge in [-0.2, -0.15) is 0 Å². The van der Waals surface area contributed by atoms with Crippen molar-refractivity contribution in [2.75, 3.05) is 0 Å². The predicted octanol–water partition coefficient (Wildman–Crippen LogP) is 4.59. The fraction of sp³-hybridized carbons (Fsp3) is 0.296. The maximum Gasteiger partial charge on any atom is 0.309 e. The van der Waals surface area contributed by atoms with Crippen molar-refractivity contribution in [3.8, 4) is 0 Å². The number of ether oxygens (including phenoxy) is 1. The largest absolute Gasteiger partial charge is 0.461 e. The van der Waals surface area contributed by atoms with Crippen molar-refractivity contribution < 1.29 is 14.6 Å². The summed E-state index contributed by atoms with van der Waals surface area (Å²) >= 11 is 0. The van der Waals surface area contributed by atoms with Crippen LogP contribution in [0.1, 0.15) is 46.2 Å². The van der Waals surface area contributed by atoms with Crippen LogP contribution < -0.4 is 0 Å². The summed E-state index contributed by atoms with van der Waals surface area (Å²) in [5.74, 6) is -0.977. The van der Waals surface area contributed by atoms with Crippen LogP contribution in [0, 0.1) is 19.8 Å². The second kappa shape index (κ2) is 9.55. The van der Waals surface area contributed by atoms with Gasteiger partial charge in [0.25, 0.3) is 0 Å². The molecule has 4 aromatic rings. The van der Waals surface area contributed by atoms with Gasteiger partial charge in [0.15, 0.2) is 0 Å². The fourth-order valence-electron chi connectivity index (χ4n) is 4.37. The first-order valence-electron chi connectivity index (χ1n) is 11.1. The molecule has 3 aromatic carbocycles. The van der Waals surface area contributed by atoms with E-state index in [-0.39, 0.29) is 25.1 Å². The molecule has 0 saturated carbocycles. The van der Waals surface area contributed by atoms with Crippen molar-refractivity contribution in [1.29, 1.82) is 0 Å². The van der Waals surface area contributed by atoms with Crippen LogP contribution in [-0.4, -0.2) is 26.1 Å². The van der Waals surface area contributed by atoms with Crippen LogP contribution in [0.4, 0.5) is 0 Å². The molecule has 0 radical (unpaired) electrons. The van der Waals surface area contributed by atoms with E-state index in [4.69, 9.17) is 4.74 Å². The molecule has 0 aliphatic rings. The first kappa shape index (κ1) is 22.7. The third kappa shape index (κ3) is 4.52. The Morgan fingerprint density at radius 1 is 1.09 bits per heavy atom. The van der Waals surface area contributed by atoms with E-state index in [1.165, 1.54) is 0 Å². The second-order valence-corrected chi connectivity index (χ2v) is 8.56. The lowest BCUT2D eigenvalue weighted by atomic mass is 9.79. The normalized spacial score (nSPS) is 13.1. The van der Waals surface area contributed by atoms with Crippen molar-refractivity contribution in [3.63, 3.8) is 0 Å². The Bertz CT molecular complexity index is 1280. The summed E-state index contributed by atoms with van der Waals surface area (Å²) in [7, 11) is 1.86. The van der Waals surface area contributed by atoms with Crippen molar-refractivity contribution in [2.45, 2.75) is 39.9 Å². The Labute approximate surface area is 193 Å². The van der Waals surface area contributed by atoms with Gasteiger partial charge in [0.1, 0.15) is 12.1 Å². The van der Waals surface area contributed by atoms with Crippen molar-refractivity contribution >= 4 is 17.0 Å². The zero-order chi connectivity index (χ0) is 23.5. The van der Waals surface area contributed by atoms with Gasteiger partial charge in [0, 0.05) is 13.0 Å². The molecular formula is C27H29N3O3. The zero-order valence-corrected chi connectivity index (χ0v) is 19.4. The Morgan fingerprint density at radius 3 is 2.58 bits per heavy atom. The molecule has 6 nitrogen and oxygen atoms in total. The van der Waals surface area contributed by atoms with Crippen LogP contribution in [0.3, 0.4) is 0 Å². The van der Waals surface area contributed by atoms with E-state index < -0.39 is 5.92 Å². The molecule has 6 heteroatoms. The highest BCUT2D eigenvalue weighted by atomic mass is 16.5. The Hall–Kier alpha value is -3.51. The molecule has 1 aromatic heterocycles. The highest BCUT2D eigenvalue weighted by molar-refractivity contribution is 5.81. The van der Waals surface area contributed by atoms with Gasteiger partial charge in [0.2, 0.25) is 0 Å². The zero-order valence-electron chi connectivity index (χ0n) is 19.4. The SMILES string of the molecule is Cc1ccc([C@H](c2ccc3c(nnn3C)c2C)[C@@H](C)C(=O)OCc2ccccc2)cc1CO. The van der Waals surface area contributed by atoms with Gasteiger partial charge in [0.05, 0.1) is 18.0 Å². The van der Waals surface area contributed by atoms with Crippen molar-refractivity contribution in [3.05, 3.63) is 94.0 Å². The van der Waals surface area contributed by atoms with Gasteiger partial charge in [-0.15, -0.1) is 5.10 Å². The molecule has 0 unspecified atom stereocenters. The number of hydrogen-bond acceptors (Lipinski definition) is 5. The summed E-state index contributed by atoms with van der Waals surface area (Å²) < 4.78 is 7.45. The van der Waals surface area contributed by atoms with Crippen LogP contribution in [0.25, 0.3) is 11.0 Å². The smallest absolute Gasteiger partial charge is 0.309 e. The third-order valence-corrected chi connectivity index (χ3v) is 6.41. The lowest BCUT2D eigenvalue weighted by molar-refractivity contribution is -0.149. The molecule has 0 saturated heterocycles. The average molecular weight is 444 g/mol. The maximum absolute atomic E-state index is 13.2. The number of benzene rings is 3. The monoisotopic (exact) mass is 443 g/mol. The number of aryl methyl sites for hydroxylation is 3. The number of hydrogen-bond donors (Lipinski definition) is 1. The van der Waals surface area contributed by atoms with Crippen molar-refractivity contribution in [2.24, 2.45) is 13.0 Å². The summed E-state index contributed by atoms with van der Waals surface area (Å²) in [4.78, 5) is 13.2. The molecule has 0 aliphatic carbocycles. The molecular weight excluding hydrogens is 414 g/mol. The summed E-state index contributed by atoms with van der Waals surface area (Å²) in [5.41, 5.74) is 7.51. The van der Waals surface area contributed by atoms with Crippen LogP contribution in [-0.2, 0) is 29.8 Å². The van der Waals surface area contributed by atoms with Crippen molar-refractivity contribution in [1.82, 2.24) is 15.0 Å². The fourth-order valence-corrected chi connectivity index (χ4v) is 4.37. The van der Waals surface area contributed by atoms with Gasteiger partial charge in [-0.3, -0.25) is 4.79 Å². The number of carbonyl (C=O) groups is 1. The summed E-state index contributed by atoms with van der Waals surface area (Å²) in [5, 5.41) is 18.3. The van der Waals surface area contributed by atoms with Gasteiger partial charge in [-0.1, -0.05) is 66.7 Å². The molecule has 1 heterocycles. The summed E-state index contributed by atoms with van der Waals surface area (Å²) in [6.07, 6.45) is 0. The minimum absolute atomic E-state index is 0.0542. The molecule has 0 spiro atoms. The number of rotatable bonds is 7. The van der Waals surface area contributed by atoms with Gasteiger partial charge < -0.3 is 9.84 Å². The van der Waals surface area contributed by atoms with E-state index in [1.54, 1.807) is 4.68 Å². The highest BCUT2D eigenvalue weighted by Gasteiger charge is 2.31. The van der Waals surface area contributed by atoms with Crippen LogP contribution in [0.2, 0.25) is 0 Å². The van der Waals surface area contributed by atoms with Gasteiger partial charge in [-0.25, -0.2) is 4.68 Å². The lowest BCUT2D eigenvalue weighted by Crippen LogP contribution is -2.24. The number of esters is 1. The van der Waals surface area contributed by atoms with Crippen LogP contribution in [0.5, 0.6) is 0 Å². The summed E-state index contributed by atoms with van der Waals surface area (Å²) in [6, 6.07) is 19.7. The molecule has 1 N–H and O–H groups in total. The number of aliphatic hydroxyl groups excluding tert-OH is 1. The van der Waals surface area contributed by atoms with Crippen LogP contribution in [0.15, 0.2) is 60.7 Å². The van der Waals surface area contributed by atoms with Gasteiger partial charge in [-0.05, 0) is 53.3 Å². The highest BCUT2D eigenvalue weighted by Crippen LogP contribution is 2.37. The van der Waals surface area contributed by atoms with E-state index in [0.717, 1.165) is 44.4 Å². The lowest BCUT2D eigenvalue weighted by Gasteiger charge is -2.26. The standard InChI is InChI=1S/C27H29N3O3/c1-17-10-11-21(14-22(17)15-31)25(19(3)27(32)33-16-20-8-6-5-7-9-20)23-12-13-24-26(18(23)2)28-29-30(24)4/h5-14,19,25,31H,15-16H2,1-4H3/t19-,25-/m1/s1. The van der Waals surface area contributed by atoms with Crippen LogP contribution >= 0.6 is 0 Å². The molecule has 2 atom stereocenters. The first-order valence-corrected chi connectivity index (χ1v) is 11.1. The minimum atomic E-state index is -0.448. The number of aromatic nitrogens is 3. The first-order chi connectivity index (χ1) is 15.9. The van der Waals surface area contributed by atoms with E-state index in [2.05, 4.69) is 10.3 Å². The number of nitrogens with zero attached hydrogens (tertiary/aromatic N) is 3. The topological polar surface area (TPSA) is 77.2 Å². The molecule has 0 fully saturated rings. The number of carbonyl (C=O) groups excluding carboxylic acids is 1. The molecule has 170 valence electrons. The number of aliphatic hydroxyl groups is 1. The Balaban J connectivity index is 1.74. The average Bonchev–Trinajstić information content (AvgIpc) is 3.22. The van der Waals surface area contributed by atoms with E-state index in [9.17, 15) is 9.90 Å². The third-order valence-electron chi connectivity index (χ3n) is 6.41. The molecule has 0 bridgehead atoms. The van der Waals surface area contributed by atoms with E-state index in [0.29, 0.717) is 0 Å². The molecule has 0 aliphatic heterocycles. The number of fused-ring (bicyclic) bond motifs is 1. The summed E-state index contributed by atoms with van der Waals surface area (Å²) in [6.45, 7) is 6.06. The molecule has 33 heavy (non-hydrogen) atoms. The van der Waals surface area contributed by atoms with Gasteiger partial charge >= 0.3 is 5.97 Å². The Morgan fingerprint density at radius 2 is 1.85 bits per heavy atom. The minimum Gasteiger partial charge on any atom is -0.461 e. The Kier molecular flexibility index (Phi) is 6.56. The van der Waals surface area contributed by atoms with E-state index in [1.807, 2.05) is 88.5 Å². The predicted molar refractivity (Wildman–Crippen MR) is 128 cm³/mol.